The predicted octanol–water partition coefficient (Wildman–Crippen LogP) is 1.75. The van der Waals surface area contributed by atoms with Gasteiger partial charge in [0.1, 0.15) is 4.90 Å². The molecule has 0 radical (unpaired) electrons. The molecule has 2 rings (SSSR count). The Labute approximate surface area is 128 Å². The van der Waals surface area contributed by atoms with Crippen molar-refractivity contribution >= 4 is 27.4 Å². The molecule has 2 amide bonds. The lowest BCUT2D eigenvalue weighted by atomic mass is 10.2. The van der Waals surface area contributed by atoms with Crippen LogP contribution in [0.15, 0.2) is 47.6 Å². The smallest absolute Gasteiger partial charge is 0.328 e. The van der Waals surface area contributed by atoms with Crippen LogP contribution in [0.4, 0.5) is 16.2 Å². The number of carbonyl (C=O) groups excluding carboxylic acids is 1. The summed E-state index contributed by atoms with van der Waals surface area (Å²) in [6.07, 6.45) is 2.65. The maximum absolute atomic E-state index is 12.2. The van der Waals surface area contributed by atoms with Gasteiger partial charge in [0.15, 0.2) is 0 Å². The van der Waals surface area contributed by atoms with E-state index in [9.17, 15) is 13.2 Å². The molecule has 3 N–H and O–H groups in total. The minimum atomic E-state index is -4.02. The van der Waals surface area contributed by atoms with E-state index in [2.05, 4.69) is 15.6 Å². The van der Waals surface area contributed by atoms with Crippen molar-refractivity contribution in [1.29, 1.82) is 0 Å². The Morgan fingerprint density at radius 3 is 2.68 bits per heavy atom. The molecule has 0 unspecified atom stereocenters. The fourth-order valence-corrected chi connectivity index (χ4v) is 2.87. The number of nitrogens with zero attached hydrogens (tertiary/aromatic N) is 1. The van der Waals surface area contributed by atoms with E-state index in [0.717, 1.165) is 11.3 Å². The number of pyridine rings is 1. The fraction of sp³-hybridized carbons (Fsp3) is 0.143. The van der Waals surface area contributed by atoms with Crippen LogP contribution in [-0.2, 0) is 10.0 Å². The first-order chi connectivity index (χ1) is 10.4. The van der Waals surface area contributed by atoms with Crippen molar-refractivity contribution in [3.8, 4) is 0 Å². The average molecular weight is 320 g/mol. The monoisotopic (exact) mass is 320 g/mol. The van der Waals surface area contributed by atoms with Crippen molar-refractivity contribution in [2.75, 3.05) is 12.4 Å². The lowest BCUT2D eigenvalue weighted by molar-refractivity contribution is 0.248. The van der Waals surface area contributed by atoms with Gasteiger partial charge in [-0.3, -0.25) is 4.98 Å². The highest BCUT2D eigenvalue weighted by molar-refractivity contribution is 7.90. The molecule has 116 valence electrons. The lowest BCUT2D eigenvalue weighted by Gasteiger charge is -2.13. The van der Waals surface area contributed by atoms with Gasteiger partial charge in [0.05, 0.1) is 5.69 Å². The number of nitrogens with one attached hydrogen (secondary N) is 3. The molecule has 7 nitrogen and oxygen atoms in total. The zero-order valence-electron chi connectivity index (χ0n) is 12.1. The summed E-state index contributed by atoms with van der Waals surface area (Å²) in [6, 6.07) is 8.20. The summed E-state index contributed by atoms with van der Waals surface area (Å²) < 4.78 is 26.4. The SMILES string of the molecule is CNC(=O)NS(=O)(=O)c1cnccc1Nc1cccc(C)c1. The van der Waals surface area contributed by atoms with Crippen LogP contribution in [0.1, 0.15) is 5.56 Å². The molecule has 0 atom stereocenters. The molecule has 22 heavy (non-hydrogen) atoms. The Balaban J connectivity index is 2.36. The van der Waals surface area contributed by atoms with Gasteiger partial charge in [-0.1, -0.05) is 12.1 Å². The summed E-state index contributed by atoms with van der Waals surface area (Å²) in [5.41, 5.74) is 2.10. The van der Waals surface area contributed by atoms with Gasteiger partial charge in [-0.25, -0.2) is 17.9 Å². The number of aromatic nitrogens is 1. The van der Waals surface area contributed by atoms with E-state index in [1.165, 1.54) is 25.5 Å². The van der Waals surface area contributed by atoms with Gasteiger partial charge < -0.3 is 10.6 Å². The van der Waals surface area contributed by atoms with Crippen LogP contribution < -0.4 is 15.4 Å². The molecule has 2 aromatic rings. The zero-order valence-corrected chi connectivity index (χ0v) is 12.9. The van der Waals surface area contributed by atoms with E-state index in [1.54, 1.807) is 0 Å². The van der Waals surface area contributed by atoms with Crippen LogP contribution in [0.25, 0.3) is 0 Å². The van der Waals surface area contributed by atoms with Crippen molar-refractivity contribution in [1.82, 2.24) is 15.0 Å². The molecule has 8 heteroatoms. The normalized spacial score (nSPS) is 10.8. The number of carbonyl (C=O) groups is 1. The molecule has 1 aromatic heterocycles. The number of anilines is 2. The Kier molecular flexibility index (Phi) is 4.62. The fourth-order valence-electron chi connectivity index (χ4n) is 1.80. The minimum absolute atomic E-state index is 0.111. The highest BCUT2D eigenvalue weighted by Crippen LogP contribution is 2.24. The van der Waals surface area contributed by atoms with Crippen LogP contribution in [0, 0.1) is 6.92 Å². The molecule has 0 saturated heterocycles. The molecule has 0 spiro atoms. The van der Waals surface area contributed by atoms with Crippen molar-refractivity contribution < 1.29 is 13.2 Å². The summed E-state index contributed by atoms with van der Waals surface area (Å²) in [5, 5.41) is 5.22. The van der Waals surface area contributed by atoms with Crippen LogP contribution >= 0.6 is 0 Å². The Morgan fingerprint density at radius 1 is 1.23 bits per heavy atom. The first-order valence-electron chi connectivity index (χ1n) is 6.44. The maximum Gasteiger partial charge on any atom is 0.328 e. The predicted molar refractivity (Wildman–Crippen MR) is 83.5 cm³/mol. The third kappa shape index (κ3) is 3.73. The van der Waals surface area contributed by atoms with Crippen LogP contribution in [-0.4, -0.2) is 26.5 Å². The Morgan fingerprint density at radius 2 is 2.00 bits per heavy atom. The second kappa shape index (κ2) is 6.44. The highest BCUT2D eigenvalue weighted by atomic mass is 32.2. The molecule has 0 aliphatic rings. The minimum Gasteiger partial charge on any atom is -0.354 e. The maximum atomic E-state index is 12.2. The van der Waals surface area contributed by atoms with Crippen molar-refractivity contribution in [2.24, 2.45) is 0 Å². The summed E-state index contributed by atoms with van der Waals surface area (Å²) >= 11 is 0. The quantitative estimate of drug-likeness (QED) is 0.797. The Hall–Kier alpha value is -2.61. The van der Waals surface area contributed by atoms with E-state index in [1.807, 2.05) is 35.9 Å². The van der Waals surface area contributed by atoms with Gasteiger partial charge in [-0.2, -0.15) is 0 Å². The second-order valence-corrected chi connectivity index (χ2v) is 6.20. The topological polar surface area (TPSA) is 100 Å². The number of benzene rings is 1. The lowest BCUT2D eigenvalue weighted by Crippen LogP contribution is -2.37. The van der Waals surface area contributed by atoms with Gasteiger partial charge in [-0.15, -0.1) is 0 Å². The summed E-state index contributed by atoms with van der Waals surface area (Å²) in [6.45, 7) is 1.93. The molecule has 0 fully saturated rings. The summed E-state index contributed by atoms with van der Waals surface area (Å²) in [4.78, 5) is 15.0. The van der Waals surface area contributed by atoms with Crippen molar-refractivity contribution in [2.45, 2.75) is 11.8 Å². The van der Waals surface area contributed by atoms with Gasteiger partial charge in [0.2, 0.25) is 0 Å². The van der Waals surface area contributed by atoms with E-state index in [4.69, 9.17) is 0 Å². The largest absolute Gasteiger partial charge is 0.354 e. The van der Waals surface area contributed by atoms with E-state index >= 15 is 0 Å². The molecule has 1 aromatic carbocycles. The van der Waals surface area contributed by atoms with E-state index in [0.29, 0.717) is 5.69 Å². The van der Waals surface area contributed by atoms with Gasteiger partial charge >= 0.3 is 6.03 Å². The summed E-state index contributed by atoms with van der Waals surface area (Å²) in [5.74, 6) is 0. The number of urea groups is 1. The second-order valence-electron chi connectivity index (χ2n) is 4.55. The number of hydrogen-bond acceptors (Lipinski definition) is 5. The molecular weight excluding hydrogens is 304 g/mol. The molecular formula is C14H16N4O3S. The number of aryl methyl sites for hydroxylation is 1. The average Bonchev–Trinajstić information content (AvgIpc) is 2.47. The van der Waals surface area contributed by atoms with Crippen LogP contribution in [0.2, 0.25) is 0 Å². The number of hydrogen-bond donors (Lipinski definition) is 3. The van der Waals surface area contributed by atoms with Crippen molar-refractivity contribution in [3.05, 3.63) is 48.3 Å². The molecule has 0 bridgehead atoms. The Bertz CT molecular complexity index is 790. The third-order valence-corrected chi connectivity index (χ3v) is 4.18. The number of sulfonamides is 1. The van der Waals surface area contributed by atoms with E-state index < -0.39 is 16.1 Å². The molecule has 0 saturated carbocycles. The molecule has 1 heterocycles. The first kappa shape index (κ1) is 15.8. The highest BCUT2D eigenvalue weighted by Gasteiger charge is 2.21. The van der Waals surface area contributed by atoms with Crippen LogP contribution in [0.3, 0.4) is 0 Å². The van der Waals surface area contributed by atoms with E-state index in [-0.39, 0.29) is 4.90 Å². The first-order valence-corrected chi connectivity index (χ1v) is 7.93. The van der Waals surface area contributed by atoms with Crippen LogP contribution in [0.5, 0.6) is 0 Å². The molecule has 0 aliphatic heterocycles. The van der Waals surface area contributed by atoms with Gasteiger partial charge in [0.25, 0.3) is 10.0 Å². The summed E-state index contributed by atoms with van der Waals surface area (Å²) in [7, 11) is -2.69. The molecule has 0 aliphatic carbocycles. The van der Waals surface area contributed by atoms with Gasteiger partial charge in [0, 0.05) is 25.1 Å². The number of amides is 2. The van der Waals surface area contributed by atoms with Crippen molar-refractivity contribution in [3.63, 3.8) is 0 Å². The standard InChI is InChI=1S/C14H16N4O3S/c1-10-4-3-5-11(8-10)17-12-6-7-16-9-13(12)22(20,21)18-14(19)15-2/h3-9H,1-2H3,(H,16,17)(H2,15,18,19). The zero-order chi connectivity index (χ0) is 16.2. The van der Waals surface area contributed by atoms with Gasteiger partial charge in [-0.05, 0) is 30.7 Å². The third-order valence-electron chi connectivity index (χ3n) is 2.83. The number of rotatable bonds is 4.